The minimum atomic E-state index is -0.724. The van der Waals surface area contributed by atoms with Crippen molar-refractivity contribution in [1.29, 1.82) is 0 Å². The van der Waals surface area contributed by atoms with Gasteiger partial charge in [0, 0.05) is 11.8 Å². The van der Waals surface area contributed by atoms with E-state index >= 15 is 0 Å². The fraction of sp³-hybridized carbons (Fsp3) is 0. The molecule has 0 atom stereocenters. The summed E-state index contributed by atoms with van der Waals surface area (Å²) in [5.74, 6) is 0. The highest BCUT2D eigenvalue weighted by Gasteiger charge is 2.17. The van der Waals surface area contributed by atoms with Crippen molar-refractivity contribution >= 4 is 17.5 Å². The van der Waals surface area contributed by atoms with Crippen LogP contribution in [-0.2, 0) is 0 Å². The Bertz CT molecular complexity index is 877. The van der Waals surface area contributed by atoms with Crippen molar-refractivity contribution in [3.8, 4) is 11.3 Å². The van der Waals surface area contributed by atoms with Crippen molar-refractivity contribution in [1.82, 2.24) is 9.94 Å². The van der Waals surface area contributed by atoms with Crippen molar-refractivity contribution in [2.45, 2.75) is 0 Å². The maximum absolute atomic E-state index is 11.8. The number of nitro benzene ring substituents is 1. The number of nitro groups is 1. The molecule has 24 heavy (non-hydrogen) atoms. The van der Waals surface area contributed by atoms with Crippen LogP contribution in [0.1, 0.15) is 0 Å². The van der Waals surface area contributed by atoms with Gasteiger partial charge in [-0.15, -0.1) is 5.10 Å². The molecule has 1 heterocycles. The molecule has 2 aromatic carbocycles. The van der Waals surface area contributed by atoms with Crippen LogP contribution < -0.4 is 10.2 Å². The molecule has 0 spiro atoms. The number of benzene rings is 2. The molecule has 3 rings (SSSR count). The van der Waals surface area contributed by atoms with E-state index in [4.69, 9.17) is 4.84 Å². The average Bonchev–Trinajstić information content (AvgIpc) is 3.04. The standard InChI is InChI=1S/C16H12N4O4/c21-16(17-12-6-2-1-3-7-12)24-19-11-10-14(18-19)13-8-4-5-9-15(13)20(22)23/h1-11H,(H,17,21). The zero-order valence-corrected chi connectivity index (χ0v) is 12.3. The SMILES string of the molecule is O=C(Nc1ccccc1)On1ccc(-c2ccccc2[N+](=O)[O-])n1. The van der Waals surface area contributed by atoms with Crippen molar-refractivity contribution in [2.24, 2.45) is 0 Å². The number of carbonyl (C=O) groups excluding carboxylic acids is 1. The first kappa shape index (κ1) is 15.2. The lowest BCUT2D eigenvalue weighted by atomic mass is 10.1. The van der Waals surface area contributed by atoms with Gasteiger partial charge in [0.05, 0.1) is 16.7 Å². The van der Waals surface area contributed by atoms with E-state index in [-0.39, 0.29) is 5.69 Å². The van der Waals surface area contributed by atoms with Gasteiger partial charge in [0.1, 0.15) is 5.69 Å². The van der Waals surface area contributed by atoms with Gasteiger partial charge in [-0.2, -0.15) is 0 Å². The summed E-state index contributed by atoms with van der Waals surface area (Å²) in [6.45, 7) is 0. The van der Waals surface area contributed by atoms with Gasteiger partial charge in [0.25, 0.3) is 5.69 Å². The number of carbonyl (C=O) groups is 1. The molecule has 0 saturated heterocycles. The largest absolute Gasteiger partial charge is 0.437 e. The van der Waals surface area contributed by atoms with E-state index in [1.54, 1.807) is 42.5 Å². The normalized spacial score (nSPS) is 10.2. The van der Waals surface area contributed by atoms with E-state index in [9.17, 15) is 14.9 Å². The summed E-state index contributed by atoms with van der Waals surface area (Å²) in [7, 11) is 0. The second kappa shape index (κ2) is 6.61. The van der Waals surface area contributed by atoms with Gasteiger partial charge in [-0.3, -0.25) is 20.3 Å². The van der Waals surface area contributed by atoms with Gasteiger partial charge in [0.2, 0.25) is 0 Å². The van der Waals surface area contributed by atoms with Crippen LogP contribution in [0.25, 0.3) is 11.3 Å². The van der Waals surface area contributed by atoms with Crippen LogP contribution in [0.5, 0.6) is 0 Å². The lowest BCUT2D eigenvalue weighted by Gasteiger charge is -2.05. The Morgan fingerprint density at radius 1 is 1.08 bits per heavy atom. The molecule has 120 valence electrons. The topological polar surface area (TPSA) is 99.3 Å². The third-order valence-corrected chi connectivity index (χ3v) is 3.14. The molecular formula is C16H12N4O4. The number of hydrogen-bond acceptors (Lipinski definition) is 5. The van der Waals surface area contributed by atoms with E-state index in [1.807, 2.05) is 6.07 Å². The number of amides is 1. The molecule has 3 aromatic rings. The van der Waals surface area contributed by atoms with Gasteiger partial charge < -0.3 is 0 Å². The predicted molar refractivity (Wildman–Crippen MR) is 86.4 cm³/mol. The van der Waals surface area contributed by atoms with E-state index in [0.717, 1.165) is 4.85 Å². The Kier molecular flexibility index (Phi) is 4.19. The van der Waals surface area contributed by atoms with E-state index < -0.39 is 11.0 Å². The van der Waals surface area contributed by atoms with Gasteiger partial charge in [0.15, 0.2) is 0 Å². The Morgan fingerprint density at radius 3 is 2.54 bits per heavy atom. The van der Waals surface area contributed by atoms with Crippen molar-refractivity contribution < 1.29 is 14.6 Å². The van der Waals surface area contributed by atoms with Crippen LogP contribution in [0, 0.1) is 10.1 Å². The van der Waals surface area contributed by atoms with Crippen LogP contribution in [-0.4, -0.2) is 21.0 Å². The summed E-state index contributed by atoms with van der Waals surface area (Å²) in [5.41, 5.74) is 1.17. The van der Waals surface area contributed by atoms with E-state index in [1.165, 1.54) is 18.3 Å². The first-order chi connectivity index (χ1) is 11.6. The predicted octanol–water partition coefficient (Wildman–Crippen LogP) is 3.12. The van der Waals surface area contributed by atoms with Crippen molar-refractivity contribution in [3.63, 3.8) is 0 Å². The molecule has 8 heteroatoms. The van der Waals surface area contributed by atoms with E-state index in [2.05, 4.69) is 10.4 Å². The Hall–Kier alpha value is -3.68. The lowest BCUT2D eigenvalue weighted by molar-refractivity contribution is -0.384. The first-order valence-corrected chi connectivity index (χ1v) is 6.97. The summed E-state index contributed by atoms with van der Waals surface area (Å²) < 4.78 is 0. The third kappa shape index (κ3) is 3.38. The molecule has 0 aliphatic heterocycles. The van der Waals surface area contributed by atoms with Gasteiger partial charge >= 0.3 is 6.09 Å². The number of aromatic nitrogens is 2. The summed E-state index contributed by atoms with van der Waals surface area (Å²) in [6, 6.07) is 16.5. The second-order valence-corrected chi connectivity index (χ2v) is 4.75. The van der Waals surface area contributed by atoms with Gasteiger partial charge in [-0.05, 0) is 24.3 Å². The molecule has 1 aromatic heterocycles. The minimum Gasteiger partial charge on any atom is -0.299 e. The molecule has 0 radical (unpaired) electrons. The third-order valence-electron chi connectivity index (χ3n) is 3.14. The number of hydrogen-bond donors (Lipinski definition) is 1. The molecule has 1 amide bonds. The minimum absolute atomic E-state index is 0.0727. The number of anilines is 1. The Labute approximate surface area is 136 Å². The van der Waals surface area contributed by atoms with Gasteiger partial charge in [-0.25, -0.2) is 4.79 Å². The summed E-state index contributed by atoms with van der Waals surface area (Å²) >= 11 is 0. The monoisotopic (exact) mass is 324 g/mol. The molecule has 0 unspecified atom stereocenters. The molecule has 0 fully saturated rings. The molecular weight excluding hydrogens is 312 g/mol. The van der Waals surface area contributed by atoms with Crippen molar-refractivity contribution in [2.75, 3.05) is 5.32 Å². The summed E-state index contributed by atoms with van der Waals surface area (Å²) in [6.07, 6.45) is 0.676. The highest BCUT2D eigenvalue weighted by molar-refractivity contribution is 5.84. The Morgan fingerprint density at radius 2 is 1.79 bits per heavy atom. The number of rotatable bonds is 4. The first-order valence-electron chi connectivity index (χ1n) is 6.97. The molecule has 0 bridgehead atoms. The van der Waals surface area contributed by atoms with Crippen LogP contribution in [0.15, 0.2) is 66.9 Å². The maximum Gasteiger partial charge on any atom is 0.437 e. The van der Waals surface area contributed by atoms with Gasteiger partial charge in [-0.1, -0.05) is 35.2 Å². The fourth-order valence-electron chi connectivity index (χ4n) is 2.10. The zero-order chi connectivity index (χ0) is 16.9. The van der Waals surface area contributed by atoms with Crippen LogP contribution >= 0.6 is 0 Å². The highest BCUT2D eigenvalue weighted by atomic mass is 16.7. The molecule has 8 nitrogen and oxygen atoms in total. The fourth-order valence-corrected chi connectivity index (χ4v) is 2.10. The van der Waals surface area contributed by atoms with E-state index in [0.29, 0.717) is 16.9 Å². The Balaban J connectivity index is 1.74. The maximum atomic E-state index is 11.8. The second-order valence-electron chi connectivity index (χ2n) is 4.75. The zero-order valence-electron chi connectivity index (χ0n) is 12.3. The summed E-state index contributed by atoms with van der Waals surface area (Å²) in [5, 5.41) is 17.6. The van der Waals surface area contributed by atoms with Crippen LogP contribution in [0.4, 0.5) is 16.2 Å². The molecule has 1 N–H and O–H groups in total. The number of nitrogens with zero attached hydrogens (tertiary/aromatic N) is 3. The molecule has 0 aliphatic carbocycles. The average molecular weight is 324 g/mol. The van der Waals surface area contributed by atoms with Crippen LogP contribution in [0.3, 0.4) is 0 Å². The number of nitrogens with one attached hydrogen (secondary N) is 1. The van der Waals surface area contributed by atoms with Crippen LogP contribution in [0.2, 0.25) is 0 Å². The smallest absolute Gasteiger partial charge is 0.299 e. The van der Waals surface area contributed by atoms with Crippen molar-refractivity contribution in [3.05, 3.63) is 77.0 Å². The molecule has 0 saturated carbocycles. The molecule has 0 aliphatic rings. The summed E-state index contributed by atoms with van der Waals surface area (Å²) in [4.78, 5) is 28.3. The lowest BCUT2D eigenvalue weighted by Crippen LogP contribution is -2.25. The quantitative estimate of drug-likeness (QED) is 0.587. The highest BCUT2D eigenvalue weighted by Crippen LogP contribution is 2.27. The number of para-hydroxylation sites is 2.